The number of hydrogen-bond donors (Lipinski definition) is 0. The van der Waals surface area contributed by atoms with Crippen molar-refractivity contribution in [2.24, 2.45) is 5.92 Å². The van der Waals surface area contributed by atoms with Crippen molar-refractivity contribution in [1.82, 2.24) is 0 Å². The summed E-state index contributed by atoms with van der Waals surface area (Å²) in [5.74, 6) is 0.871. The average molecular weight is 204 g/mol. The van der Waals surface area contributed by atoms with Crippen molar-refractivity contribution in [1.29, 1.82) is 0 Å². The Morgan fingerprint density at radius 3 is 2.27 bits per heavy atom. The molecule has 0 aliphatic heterocycles. The van der Waals surface area contributed by atoms with Crippen LogP contribution in [0.1, 0.15) is 49.5 Å². The lowest BCUT2D eigenvalue weighted by atomic mass is 10.0. The minimum absolute atomic E-state index is 0.270. The normalized spacial score (nSPS) is 10.7. The molecule has 0 aliphatic carbocycles. The lowest BCUT2D eigenvalue weighted by Gasteiger charge is -2.04. The molecule has 0 aliphatic rings. The summed E-state index contributed by atoms with van der Waals surface area (Å²) in [6.45, 7) is 6.41. The molecule has 0 bridgehead atoms. The van der Waals surface area contributed by atoms with E-state index in [1.807, 2.05) is 24.3 Å². The molecule has 0 atom stereocenters. The van der Waals surface area contributed by atoms with E-state index in [2.05, 4.69) is 20.8 Å². The first-order chi connectivity index (χ1) is 7.13. The number of Topliss-reactive ketones (excluding diaryl/α,β-unsaturated/α-hetero) is 1. The van der Waals surface area contributed by atoms with Crippen LogP contribution >= 0.6 is 0 Å². The monoisotopic (exact) mass is 204 g/mol. The molecule has 15 heavy (non-hydrogen) atoms. The molecule has 0 radical (unpaired) electrons. The summed E-state index contributed by atoms with van der Waals surface area (Å²) >= 11 is 0. The maximum atomic E-state index is 11.7. The van der Waals surface area contributed by atoms with E-state index < -0.39 is 0 Å². The van der Waals surface area contributed by atoms with Gasteiger partial charge in [-0.3, -0.25) is 4.79 Å². The van der Waals surface area contributed by atoms with E-state index in [0.717, 1.165) is 18.4 Å². The van der Waals surface area contributed by atoms with Crippen molar-refractivity contribution in [2.45, 2.75) is 40.0 Å². The average Bonchev–Trinajstić information content (AvgIpc) is 2.26. The van der Waals surface area contributed by atoms with Crippen LogP contribution in [-0.2, 0) is 6.42 Å². The molecular formula is C14H20O. The minimum atomic E-state index is 0.270. The fraction of sp³-hybridized carbons (Fsp3) is 0.500. The molecule has 0 N–H and O–H groups in total. The highest BCUT2D eigenvalue weighted by Gasteiger charge is 2.06. The van der Waals surface area contributed by atoms with E-state index >= 15 is 0 Å². The van der Waals surface area contributed by atoms with E-state index in [1.54, 1.807) is 0 Å². The van der Waals surface area contributed by atoms with Gasteiger partial charge in [-0.15, -0.1) is 0 Å². The summed E-state index contributed by atoms with van der Waals surface area (Å²) in [6, 6.07) is 7.98. The number of rotatable bonds is 5. The van der Waals surface area contributed by atoms with Gasteiger partial charge in [-0.1, -0.05) is 45.0 Å². The van der Waals surface area contributed by atoms with Crippen molar-refractivity contribution < 1.29 is 4.79 Å². The number of carbonyl (C=O) groups is 1. The van der Waals surface area contributed by atoms with Gasteiger partial charge in [0.05, 0.1) is 0 Å². The summed E-state index contributed by atoms with van der Waals surface area (Å²) in [4.78, 5) is 11.7. The lowest BCUT2D eigenvalue weighted by molar-refractivity contribution is 0.0975. The maximum Gasteiger partial charge on any atom is 0.162 e. The molecular weight excluding hydrogens is 184 g/mol. The first kappa shape index (κ1) is 12.0. The SMILES string of the molecule is CCc1ccc(C(=O)CCC(C)C)cc1. The molecule has 0 amide bonds. The summed E-state index contributed by atoms with van der Waals surface area (Å²) < 4.78 is 0. The lowest BCUT2D eigenvalue weighted by Crippen LogP contribution is -2.01. The summed E-state index contributed by atoms with van der Waals surface area (Å²) in [5.41, 5.74) is 2.14. The first-order valence-electron chi connectivity index (χ1n) is 5.75. The molecule has 0 aromatic heterocycles. The number of hydrogen-bond acceptors (Lipinski definition) is 1. The number of ketones is 1. The van der Waals surface area contributed by atoms with Crippen molar-refractivity contribution in [3.8, 4) is 0 Å². The van der Waals surface area contributed by atoms with Crippen LogP contribution in [-0.4, -0.2) is 5.78 Å². The molecule has 0 unspecified atom stereocenters. The Morgan fingerprint density at radius 1 is 1.20 bits per heavy atom. The van der Waals surface area contributed by atoms with Gasteiger partial charge in [0, 0.05) is 12.0 Å². The van der Waals surface area contributed by atoms with E-state index in [9.17, 15) is 4.79 Å². The molecule has 0 heterocycles. The maximum absolute atomic E-state index is 11.7. The zero-order valence-electron chi connectivity index (χ0n) is 9.92. The van der Waals surface area contributed by atoms with Gasteiger partial charge in [-0.2, -0.15) is 0 Å². The molecule has 82 valence electrons. The fourth-order valence-corrected chi connectivity index (χ4v) is 1.49. The van der Waals surface area contributed by atoms with Crippen LogP contribution < -0.4 is 0 Å². The third-order valence-corrected chi connectivity index (χ3v) is 2.63. The molecule has 1 aromatic rings. The zero-order valence-corrected chi connectivity index (χ0v) is 9.92. The van der Waals surface area contributed by atoms with Gasteiger partial charge >= 0.3 is 0 Å². The van der Waals surface area contributed by atoms with Crippen LogP contribution in [0.2, 0.25) is 0 Å². The number of aryl methyl sites for hydroxylation is 1. The Balaban J connectivity index is 2.58. The highest BCUT2D eigenvalue weighted by atomic mass is 16.1. The van der Waals surface area contributed by atoms with Crippen LogP contribution in [0, 0.1) is 5.92 Å². The Hall–Kier alpha value is -1.11. The van der Waals surface area contributed by atoms with Crippen LogP contribution in [0.3, 0.4) is 0 Å². The molecule has 1 aromatic carbocycles. The highest BCUT2D eigenvalue weighted by Crippen LogP contribution is 2.11. The second kappa shape index (κ2) is 5.69. The van der Waals surface area contributed by atoms with Gasteiger partial charge in [-0.05, 0) is 24.3 Å². The van der Waals surface area contributed by atoms with Gasteiger partial charge in [0.25, 0.3) is 0 Å². The van der Waals surface area contributed by atoms with Crippen LogP contribution in [0.4, 0.5) is 0 Å². The van der Waals surface area contributed by atoms with Gasteiger partial charge in [0.1, 0.15) is 0 Å². The minimum Gasteiger partial charge on any atom is -0.294 e. The second-order valence-corrected chi connectivity index (χ2v) is 4.41. The quantitative estimate of drug-likeness (QED) is 0.665. The largest absolute Gasteiger partial charge is 0.294 e. The van der Waals surface area contributed by atoms with Gasteiger partial charge in [0.15, 0.2) is 5.78 Å². The third-order valence-electron chi connectivity index (χ3n) is 2.63. The third kappa shape index (κ3) is 3.86. The highest BCUT2D eigenvalue weighted by molar-refractivity contribution is 5.96. The standard InChI is InChI=1S/C14H20O/c1-4-12-6-8-13(9-7-12)14(15)10-5-11(2)3/h6-9,11H,4-5,10H2,1-3H3. The van der Waals surface area contributed by atoms with Crippen molar-refractivity contribution in [3.05, 3.63) is 35.4 Å². The Morgan fingerprint density at radius 2 is 1.80 bits per heavy atom. The molecule has 1 heteroatoms. The van der Waals surface area contributed by atoms with Crippen LogP contribution in [0.5, 0.6) is 0 Å². The smallest absolute Gasteiger partial charge is 0.162 e. The van der Waals surface area contributed by atoms with Gasteiger partial charge < -0.3 is 0 Å². The van der Waals surface area contributed by atoms with Gasteiger partial charge in [0.2, 0.25) is 0 Å². The summed E-state index contributed by atoms with van der Waals surface area (Å²) in [6.07, 6.45) is 2.68. The molecule has 0 fully saturated rings. The van der Waals surface area contributed by atoms with Crippen molar-refractivity contribution in [3.63, 3.8) is 0 Å². The number of carbonyl (C=O) groups excluding carboxylic acids is 1. The first-order valence-corrected chi connectivity index (χ1v) is 5.75. The molecule has 0 saturated heterocycles. The molecule has 1 rings (SSSR count). The van der Waals surface area contributed by atoms with Crippen LogP contribution in [0.25, 0.3) is 0 Å². The van der Waals surface area contributed by atoms with Crippen molar-refractivity contribution >= 4 is 5.78 Å². The second-order valence-electron chi connectivity index (χ2n) is 4.41. The Labute approximate surface area is 92.5 Å². The predicted molar refractivity (Wildman–Crippen MR) is 64.2 cm³/mol. The van der Waals surface area contributed by atoms with Crippen LogP contribution in [0.15, 0.2) is 24.3 Å². The van der Waals surface area contributed by atoms with E-state index in [0.29, 0.717) is 12.3 Å². The van der Waals surface area contributed by atoms with E-state index in [4.69, 9.17) is 0 Å². The molecule has 0 saturated carbocycles. The van der Waals surface area contributed by atoms with E-state index in [-0.39, 0.29) is 5.78 Å². The molecule has 0 spiro atoms. The Kier molecular flexibility index (Phi) is 4.54. The molecule has 1 nitrogen and oxygen atoms in total. The predicted octanol–water partition coefficient (Wildman–Crippen LogP) is 3.87. The fourth-order valence-electron chi connectivity index (χ4n) is 1.49. The van der Waals surface area contributed by atoms with Gasteiger partial charge in [-0.25, -0.2) is 0 Å². The summed E-state index contributed by atoms with van der Waals surface area (Å²) in [5, 5.41) is 0. The Bertz CT molecular complexity index is 309. The van der Waals surface area contributed by atoms with E-state index in [1.165, 1.54) is 5.56 Å². The number of benzene rings is 1. The summed E-state index contributed by atoms with van der Waals surface area (Å²) in [7, 11) is 0. The zero-order chi connectivity index (χ0) is 11.3. The van der Waals surface area contributed by atoms with Crippen molar-refractivity contribution in [2.75, 3.05) is 0 Å². The topological polar surface area (TPSA) is 17.1 Å².